The number of nitrogens with zero attached hydrogens (tertiary/aromatic N) is 2. The zero-order valence-electron chi connectivity index (χ0n) is 9.39. The van der Waals surface area contributed by atoms with Crippen LogP contribution in [0.15, 0.2) is 18.5 Å². The van der Waals surface area contributed by atoms with Gasteiger partial charge in [0.15, 0.2) is 0 Å². The second-order valence-electron chi connectivity index (χ2n) is 4.25. The van der Waals surface area contributed by atoms with Crippen molar-refractivity contribution < 1.29 is 9.90 Å². The summed E-state index contributed by atoms with van der Waals surface area (Å²) in [5.74, 6) is 0.630. The molecule has 1 unspecified atom stereocenters. The highest BCUT2D eigenvalue weighted by Crippen LogP contribution is 2.21. The van der Waals surface area contributed by atoms with Crippen LogP contribution in [0.2, 0.25) is 0 Å². The first-order valence-electron chi connectivity index (χ1n) is 5.64. The van der Waals surface area contributed by atoms with Crippen LogP contribution in [0, 0.1) is 5.92 Å². The summed E-state index contributed by atoms with van der Waals surface area (Å²) < 4.78 is 0. The number of likely N-dealkylation sites (tertiary alicyclic amines) is 1. The first-order chi connectivity index (χ1) is 7.70. The van der Waals surface area contributed by atoms with Crippen LogP contribution in [0.4, 0.5) is 0 Å². The molecule has 2 heterocycles. The van der Waals surface area contributed by atoms with E-state index in [0.29, 0.717) is 11.5 Å². The van der Waals surface area contributed by atoms with Crippen LogP contribution in [0.25, 0.3) is 0 Å². The average Bonchev–Trinajstić information content (AvgIpc) is 2.76. The van der Waals surface area contributed by atoms with E-state index in [2.05, 4.69) is 11.9 Å². The molecule has 0 radical (unpaired) electrons. The van der Waals surface area contributed by atoms with Gasteiger partial charge in [0.25, 0.3) is 5.91 Å². The molecule has 1 aromatic rings. The van der Waals surface area contributed by atoms with E-state index in [1.54, 1.807) is 0 Å². The lowest BCUT2D eigenvalue weighted by Gasteiger charge is -2.16. The molecule has 0 aliphatic carbocycles. The summed E-state index contributed by atoms with van der Waals surface area (Å²) in [7, 11) is 0. The van der Waals surface area contributed by atoms with Gasteiger partial charge in [-0.1, -0.05) is 13.3 Å². The van der Waals surface area contributed by atoms with Gasteiger partial charge in [-0.2, -0.15) is 0 Å². The van der Waals surface area contributed by atoms with Gasteiger partial charge < -0.3 is 10.0 Å². The van der Waals surface area contributed by atoms with Gasteiger partial charge in [-0.05, 0) is 18.4 Å². The van der Waals surface area contributed by atoms with Crippen molar-refractivity contribution in [1.82, 2.24) is 9.88 Å². The molecule has 1 amide bonds. The molecule has 4 nitrogen and oxygen atoms in total. The molecule has 1 N–H and O–H groups in total. The fourth-order valence-corrected chi connectivity index (χ4v) is 2.08. The maximum Gasteiger partial charge on any atom is 0.255 e. The van der Waals surface area contributed by atoms with E-state index in [4.69, 9.17) is 0 Å². The Morgan fingerprint density at radius 2 is 2.44 bits per heavy atom. The minimum absolute atomic E-state index is 0.0284. The maximum atomic E-state index is 12.0. The Hall–Kier alpha value is -1.58. The highest BCUT2D eigenvalue weighted by atomic mass is 16.3. The molecule has 16 heavy (non-hydrogen) atoms. The Labute approximate surface area is 94.9 Å². The number of hydrogen-bond acceptors (Lipinski definition) is 3. The van der Waals surface area contributed by atoms with Gasteiger partial charge in [-0.25, -0.2) is 0 Å². The molecular weight excluding hydrogens is 204 g/mol. The normalized spacial score (nSPS) is 20.1. The molecule has 0 bridgehead atoms. The number of carbonyl (C=O) groups is 1. The Morgan fingerprint density at radius 3 is 3.06 bits per heavy atom. The minimum atomic E-state index is -0.0284. The number of aromatic nitrogens is 1. The van der Waals surface area contributed by atoms with Crippen molar-refractivity contribution in [3.05, 3.63) is 24.0 Å². The van der Waals surface area contributed by atoms with E-state index in [1.807, 2.05) is 4.90 Å². The molecule has 0 aromatic carbocycles. The topological polar surface area (TPSA) is 53.4 Å². The number of hydrogen-bond donors (Lipinski definition) is 1. The Bertz CT molecular complexity index is 392. The smallest absolute Gasteiger partial charge is 0.255 e. The van der Waals surface area contributed by atoms with Crippen molar-refractivity contribution in [2.45, 2.75) is 19.8 Å². The van der Waals surface area contributed by atoms with Gasteiger partial charge in [-0.3, -0.25) is 9.78 Å². The fraction of sp³-hybridized carbons (Fsp3) is 0.500. The zero-order chi connectivity index (χ0) is 11.5. The third-order valence-electron chi connectivity index (χ3n) is 3.12. The van der Waals surface area contributed by atoms with Crippen LogP contribution in [0.3, 0.4) is 0 Å². The standard InChI is InChI=1S/C12H16N2O2/c1-2-9-3-4-14(8-9)12(16)10-5-11(15)7-13-6-10/h5-7,9,15H,2-4,8H2,1H3. The molecule has 1 aromatic heterocycles. The summed E-state index contributed by atoms with van der Waals surface area (Å²) in [4.78, 5) is 17.7. The van der Waals surface area contributed by atoms with Crippen LogP contribution in [-0.2, 0) is 0 Å². The summed E-state index contributed by atoms with van der Waals surface area (Å²) in [5.41, 5.74) is 0.469. The monoisotopic (exact) mass is 220 g/mol. The summed E-state index contributed by atoms with van der Waals surface area (Å²) in [6, 6.07) is 1.47. The number of aromatic hydroxyl groups is 1. The van der Waals surface area contributed by atoms with E-state index in [9.17, 15) is 9.90 Å². The van der Waals surface area contributed by atoms with Crippen molar-refractivity contribution in [2.75, 3.05) is 13.1 Å². The van der Waals surface area contributed by atoms with E-state index < -0.39 is 0 Å². The lowest BCUT2D eigenvalue weighted by atomic mass is 10.1. The van der Waals surface area contributed by atoms with Crippen molar-refractivity contribution >= 4 is 5.91 Å². The first-order valence-corrected chi connectivity index (χ1v) is 5.64. The molecule has 1 saturated heterocycles. The Morgan fingerprint density at radius 1 is 1.62 bits per heavy atom. The highest BCUT2D eigenvalue weighted by Gasteiger charge is 2.25. The molecule has 4 heteroatoms. The second-order valence-corrected chi connectivity index (χ2v) is 4.25. The summed E-state index contributed by atoms with van der Waals surface area (Å²) in [6.45, 7) is 3.78. The highest BCUT2D eigenvalue weighted by molar-refractivity contribution is 5.94. The average molecular weight is 220 g/mol. The molecule has 86 valence electrons. The molecule has 0 spiro atoms. The molecule has 1 aliphatic rings. The fourth-order valence-electron chi connectivity index (χ4n) is 2.08. The van der Waals surface area contributed by atoms with Gasteiger partial charge in [0.05, 0.1) is 11.8 Å². The molecule has 1 aliphatic heterocycles. The number of carbonyl (C=O) groups excluding carboxylic acids is 1. The zero-order valence-corrected chi connectivity index (χ0v) is 9.39. The Kier molecular flexibility index (Phi) is 3.08. The van der Waals surface area contributed by atoms with Crippen molar-refractivity contribution in [2.24, 2.45) is 5.92 Å². The summed E-state index contributed by atoms with van der Waals surface area (Å²) >= 11 is 0. The number of pyridine rings is 1. The molecule has 1 atom stereocenters. The van der Waals surface area contributed by atoms with Crippen LogP contribution < -0.4 is 0 Å². The van der Waals surface area contributed by atoms with E-state index in [1.165, 1.54) is 18.5 Å². The van der Waals surface area contributed by atoms with Gasteiger partial charge in [0.2, 0.25) is 0 Å². The lowest BCUT2D eigenvalue weighted by Crippen LogP contribution is -2.28. The van der Waals surface area contributed by atoms with Crippen LogP contribution >= 0.6 is 0 Å². The van der Waals surface area contributed by atoms with Crippen LogP contribution in [-0.4, -0.2) is 34.0 Å². The van der Waals surface area contributed by atoms with E-state index in [-0.39, 0.29) is 11.7 Å². The van der Waals surface area contributed by atoms with Gasteiger partial charge in [0, 0.05) is 19.3 Å². The Balaban J connectivity index is 2.08. The first kappa shape index (κ1) is 10.9. The quantitative estimate of drug-likeness (QED) is 0.824. The van der Waals surface area contributed by atoms with Gasteiger partial charge in [0.1, 0.15) is 5.75 Å². The van der Waals surface area contributed by atoms with Crippen LogP contribution in [0.5, 0.6) is 5.75 Å². The van der Waals surface area contributed by atoms with E-state index in [0.717, 1.165) is 25.9 Å². The third kappa shape index (κ3) is 2.15. The van der Waals surface area contributed by atoms with Crippen molar-refractivity contribution in [1.29, 1.82) is 0 Å². The number of rotatable bonds is 2. The molecule has 0 saturated carbocycles. The van der Waals surface area contributed by atoms with E-state index >= 15 is 0 Å². The third-order valence-corrected chi connectivity index (χ3v) is 3.12. The molecule has 1 fully saturated rings. The molecule has 2 rings (SSSR count). The van der Waals surface area contributed by atoms with Crippen LogP contribution in [0.1, 0.15) is 30.1 Å². The summed E-state index contributed by atoms with van der Waals surface area (Å²) in [6.07, 6.45) is 5.02. The van der Waals surface area contributed by atoms with Gasteiger partial charge >= 0.3 is 0 Å². The predicted molar refractivity (Wildman–Crippen MR) is 60.2 cm³/mol. The minimum Gasteiger partial charge on any atom is -0.506 e. The SMILES string of the molecule is CCC1CCN(C(=O)c2cncc(O)c2)C1. The second kappa shape index (κ2) is 4.51. The summed E-state index contributed by atoms with van der Waals surface area (Å²) in [5, 5.41) is 9.27. The van der Waals surface area contributed by atoms with Crippen molar-refractivity contribution in [3.8, 4) is 5.75 Å². The molecular formula is C12H16N2O2. The maximum absolute atomic E-state index is 12.0. The van der Waals surface area contributed by atoms with Crippen molar-refractivity contribution in [3.63, 3.8) is 0 Å². The lowest BCUT2D eigenvalue weighted by molar-refractivity contribution is 0.0786. The van der Waals surface area contributed by atoms with Gasteiger partial charge in [-0.15, -0.1) is 0 Å². The predicted octanol–water partition coefficient (Wildman–Crippen LogP) is 1.66. The largest absolute Gasteiger partial charge is 0.506 e. The number of amides is 1.